The third kappa shape index (κ3) is 2.35. The molecular weight excluding hydrogens is 218 g/mol. The number of halogens is 1. The molecule has 0 aliphatic heterocycles. The van der Waals surface area contributed by atoms with Gasteiger partial charge < -0.3 is 4.90 Å². The van der Waals surface area contributed by atoms with Crippen LogP contribution in [0.3, 0.4) is 0 Å². The Morgan fingerprint density at radius 3 is 2.56 bits per heavy atom. The number of hydrogen-bond donors (Lipinski definition) is 0. The van der Waals surface area contributed by atoms with Crippen LogP contribution in [0.25, 0.3) is 0 Å². The fourth-order valence-corrected chi connectivity index (χ4v) is 2.85. The number of benzene rings is 1. The van der Waals surface area contributed by atoms with Gasteiger partial charge in [-0.15, -0.1) is 11.6 Å². The number of rotatable bonds is 3. The second kappa shape index (κ2) is 5.09. The quantitative estimate of drug-likeness (QED) is 0.715. The monoisotopic (exact) mass is 237 g/mol. The predicted octanol–water partition coefficient (Wildman–Crippen LogP) is 4.11. The zero-order chi connectivity index (χ0) is 11.5. The van der Waals surface area contributed by atoms with E-state index in [0.717, 1.165) is 6.04 Å². The third-order valence-corrected chi connectivity index (χ3v) is 4.04. The van der Waals surface area contributed by atoms with Crippen LogP contribution >= 0.6 is 11.6 Å². The largest absolute Gasteiger partial charge is 0.372 e. The van der Waals surface area contributed by atoms with E-state index in [2.05, 4.69) is 37.1 Å². The van der Waals surface area contributed by atoms with E-state index in [4.69, 9.17) is 11.6 Å². The van der Waals surface area contributed by atoms with Crippen molar-refractivity contribution >= 4 is 17.3 Å². The summed E-state index contributed by atoms with van der Waals surface area (Å²) in [5.74, 6) is 0.610. The molecule has 2 heteroatoms. The molecule has 0 spiro atoms. The lowest BCUT2D eigenvalue weighted by Gasteiger charge is -2.27. The zero-order valence-electron chi connectivity index (χ0n) is 10.2. The highest BCUT2D eigenvalue weighted by Crippen LogP contribution is 2.28. The minimum atomic E-state index is 0.610. The summed E-state index contributed by atoms with van der Waals surface area (Å²) in [6.45, 7) is 2.14. The maximum Gasteiger partial charge on any atom is 0.0476 e. The number of aryl methyl sites for hydroxylation is 1. The van der Waals surface area contributed by atoms with Gasteiger partial charge in [0.1, 0.15) is 0 Å². The summed E-state index contributed by atoms with van der Waals surface area (Å²) in [5.41, 5.74) is 3.88. The molecule has 1 aromatic rings. The first-order chi connectivity index (χ1) is 7.72. The summed E-state index contributed by atoms with van der Waals surface area (Å²) < 4.78 is 0. The Labute approximate surface area is 103 Å². The molecule has 0 aromatic heterocycles. The van der Waals surface area contributed by atoms with Gasteiger partial charge >= 0.3 is 0 Å². The maximum absolute atomic E-state index is 5.88. The number of alkyl halides is 1. The molecule has 1 saturated carbocycles. The van der Waals surface area contributed by atoms with Crippen LogP contribution in [-0.4, -0.2) is 13.1 Å². The molecule has 0 radical (unpaired) electrons. The highest BCUT2D eigenvalue weighted by Gasteiger charge is 2.19. The van der Waals surface area contributed by atoms with Crippen molar-refractivity contribution in [2.75, 3.05) is 11.9 Å². The second-order valence-corrected chi connectivity index (χ2v) is 5.06. The van der Waals surface area contributed by atoms with Crippen LogP contribution in [0.4, 0.5) is 5.69 Å². The molecule has 0 unspecified atom stereocenters. The van der Waals surface area contributed by atoms with Crippen molar-refractivity contribution in [3.05, 3.63) is 29.3 Å². The molecule has 0 heterocycles. The zero-order valence-corrected chi connectivity index (χ0v) is 10.9. The molecule has 16 heavy (non-hydrogen) atoms. The lowest BCUT2D eigenvalue weighted by molar-refractivity contribution is 0.653. The summed E-state index contributed by atoms with van der Waals surface area (Å²) >= 11 is 5.88. The topological polar surface area (TPSA) is 3.24 Å². The van der Waals surface area contributed by atoms with E-state index in [1.54, 1.807) is 0 Å². The smallest absolute Gasteiger partial charge is 0.0476 e. The SMILES string of the molecule is Cc1cc(N(C)C2CCCC2)ccc1CCl. The number of hydrogen-bond acceptors (Lipinski definition) is 1. The average Bonchev–Trinajstić information content (AvgIpc) is 2.81. The standard InChI is InChI=1S/C14H20ClN/c1-11-9-14(8-7-12(11)10-15)16(2)13-5-3-4-6-13/h7-9,13H,3-6,10H2,1-2H3. The summed E-state index contributed by atoms with van der Waals surface area (Å²) in [4.78, 5) is 2.43. The van der Waals surface area contributed by atoms with Gasteiger partial charge in [0.15, 0.2) is 0 Å². The number of anilines is 1. The summed E-state index contributed by atoms with van der Waals surface area (Å²) in [6, 6.07) is 7.35. The van der Waals surface area contributed by atoms with Crippen molar-refractivity contribution in [2.45, 2.75) is 44.5 Å². The van der Waals surface area contributed by atoms with Crippen molar-refractivity contribution in [1.82, 2.24) is 0 Å². The van der Waals surface area contributed by atoms with Gasteiger partial charge in [0.25, 0.3) is 0 Å². The Bertz CT molecular complexity index is 356. The molecule has 88 valence electrons. The highest BCUT2D eigenvalue weighted by molar-refractivity contribution is 6.17. The minimum Gasteiger partial charge on any atom is -0.372 e. The Morgan fingerprint density at radius 1 is 1.31 bits per heavy atom. The van der Waals surface area contributed by atoms with Gasteiger partial charge in [-0.3, -0.25) is 0 Å². The summed E-state index contributed by atoms with van der Waals surface area (Å²) in [5, 5.41) is 0. The van der Waals surface area contributed by atoms with E-state index < -0.39 is 0 Å². The highest BCUT2D eigenvalue weighted by atomic mass is 35.5. The maximum atomic E-state index is 5.88. The van der Waals surface area contributed by atoms with Gasteiger partial charge in [-0.05, 0) is 43.0 Å². The van der Waals surface area contributed by atoms with Crippen molar-refractivity contribution in [3.8, 4) is 0 Å². The van der Waals surface area contributed by atoms with Gasteiger partial charge in [-0.25, -0.2) is 0 Å². The Hall–Kier alpha value is -0.690. The molecule has 0 saturated heterocycles. The van der Waals surface area contributed by atoms with E-state index in [9.17, 15) is 0 Å². The van der Waals surface area contributed by atoms with Gasteiger partial charge in [-0.1, -0.05) is 18.9 Å². The number of nitrogens with zero attached hydrogens (tertiary/aromatic N) is 1. The predicted molar refractivity (Wildman–Crippen MR) is 71.4 cm³/mol. The van der Waals surface area contributed by atoms with Gasteiger partial charge in [0.05, 0.1) is 0 Å². The van der Waals surface area contributed by atoms with Crippen molar-refractivity contribution in [3.63, 3.8) is 0 Å². The Morgan fingerprint density at radius 2 is 2.00 bits per heavy atom. The van der Waals surface area contributed by atoms with Crippen molar-refractivity contribution in [1.29, 1.82) is 0 Å². The van der Waals surface area contributed by atoms with Crippen molar-refractivity contribution in [2.24, 2.45) is 0 Å². The Kier molecular flexibility index (Phi) is 3.75. The van der Waals surface area contributed by atoms with Crippen LogP contribution in [0.1, 0.15) is 36.8 Å². The fourth-order valence-electron chi connectivity index (χ4n) is 2.55. The summed E-state index contributed by atoms with van der Waals surface area (Å²) in [7, 11) is 2.21. The molecule has 2 rings (SSSR count). The molecule has 1 aliphatic rings. The lowest BCUT2D eigenvalue weighted by atomic mass is 10.1. The molecule has 0 N–H and O–H groups in total. The first-order valence-corrected chi connectivity index (χ1v) is 6.64. The summed E-state index contributed by atoms with van der Waals surface area (Å²) in [6.07, 6.45) is 5.45. The van der Waals surface area contributed by atoms with Gasteiger partial charge in [0.2, 0.25) is 0 Å². The third-order valence-electron chi connectivity index (χ3n) is 3.75. The molecular formula is C14H20ClN. The van der Waals surface area contributed by atoms with E-state index in [1.807, 2.05) is 0 Å². The van der Waals surface area contributed by atoms with Crippen LogP contribution in [-0.2, 0) is 5.88 Å². The van der Waals surface area contributed by atoms with Gasteiger partial charge in [-0.2, -0.15) is 0 Å². The molecule has 1 nitrogen and oxygen atoms in total. The van der Waals surface area contributed by atoms with Crippen LogP contribution in [0.15, 0.2) is 18.2 Å². The molecule has 0 bridgehead atoms. The molecule has 1 aromatic carbocycles. The van der Waals surface area contributed by atoms with Crippen LogP contribution in [0.2, 0.25) is 0 Å². The van der Waals surface area contributed by atoms with Crippen LogP contribution < -0.4 is 4.90 Å². The average molecular weight is 238 g/mol. The molecule has 0 atom stereocenters. The van der Waals surface area contributed by atoms with E-state index >= 15 is 0 Å². The van der Waals surface area contributed by atoms with Gasteiger partial charge in [0, 0.05) is 24.7 Å². The van der Waals surface area contributed by atoms with Crippen molar-refractivity contribution < 1.29 is 0 Å². The first-order valence-electron chi connectivity index (χ1n) is 6.10. The first kappa shape index (κ1) is 11.8. The van der Waals surface area contributed by atoms with Crippen LogP contribution in [0, 0.1) is 6.92 Å². The minimum absolute atomic E-state index is 0.610. The lowest BCUT2D eigenvalue weighted by Crippen LogP contribution is -2.28. The van der Waals surface area contributed by atoms with E-state index in [1.165, 1.54) is 42.5 Å². The molecule has 1 aliphatic carbocycles. The molecule has 1 fully saturated rings. The normalized spacial score (nSPS) is 16.7. The molecule has 0 amide bonds. The fraction of sp³-hybridized carbons (Fsp3) is 0.571. The second-order valence-electron chi connectivity index (χ2n) is 4.79. The van der Waals surface area contributed by atoms with Crippen LogP contribution in [0.5, 0.6) is 0 Å². The Balaban J connectivity index is 2.16. The van der Waals surface area contributed by atoms with E-state index in [-0.39, 0.29) is 0 Å². The van der Waals surface area contributed by atoms with E-state index in [0.29, 0.717) is 5.88 Å².